The standard InChI is InChI=1S/C12H12O4S/c1-7-4-9(13)8-5-10-11(16-3-2-15-10)6-12(8)17(7)14/h5-7H,2-4H2,1H3. The van der Waals surface area contributed by atoms with E-state index in [2.05, 4.69) is 0 Å². The molecule has 0 fully saturated rings. The van der Waals surface area contributed by atoms with Gasteiger partial charge in [0.05, 0.1) is 15.7 Å². The molecule has 2 heterocycles. The van der Waals surface area contributed by atoms with Gasteiger partial charge in [0.15, 0.2) is 17.3 Å². The number of ketones is 1. The average molecular weight is 252 g/mol. The van der Waals surface area contributed by atoms with Crippen molar-refractivity contribution in [1.82, 2.24) is 0 Å². The van der Waals surface area contributed by atoms with E-state index < -0.39 is 10.8 Å². The van der Waals surface area contributed by atoms with Gasteiger partial charge in [-0.3, -0.25) is 9.00 Å². The zero-order valence-corrected chi connectivity index (χ0v) is 10.2. The highest BCUT2D eigenvalue weighted by molar-refractivity contribution is 7.86. The zero-order chi connectivity index (χ0) is 12.0. The first-order valence-corrected chi connectivity index (χ1v) is 6.75. The molecule has 1 aromatic carbocycles. The number of rotatable bonds is 0. The monoisotopic (exact) mass is 252 g/mol. The predicted molar refractivity (Wildman–Crippen MR) is 62.2 cm³/mol. The number of ether oxygens (including phenoxy) is 2. The lowest BCUT2D eigenvalue weighted by molar-refractivity contribution is 0.0975. The molecule has 0 aliphatic carbocycles. The SMILES string of the molecule is CC1CC(=O)c2cc3c(cc2S1=O)OCCO3. The highest BCUT2D eigenvalue weighted by atomic mass is 32.2. The number of carbonyl (C=O) groups excluding carboxylic acids is 1. The first kappa shape index (κ1) is 10.8. The van der Waals surface area contributed by atoms with Crippen LogP contribution in [-0.2, 0) is 10.8 Å². The van der Waals surface area contributed by atoms with Crippen molar-refractivity contribution in [2.75, 3.05) is 13.2 Å². The second-order valence-electron chi connectivity index (χ2n) is 4.23. The summed E-state index contributed by atoms with van der Waals surface area (Å²) in [6.07, 6.45) is 0.333. The Labute approximate surface area is 101 Å². The number of Topliss-reactive ketones (excluding diaryl/α,β-unsaturated/α-hetero) is 1. The number of hydrogen-bond donors (Lipinski definition) is 0. The summed E-state index contributed by atoms with van der Waals surface area (Å²) < 4.78 is 23.0. The van der Waals surface area contributed by atoms with E-state index in [0.29, 0.717) is 41.6 Å². The first-order valence-electron chi connectivity index (χ1n) is 5.54. The van der Waals surface area contributed by atoms with Crippen LogP contribution in [0.25, 0.3) is 0 Å². The van der Waals surface area contributed by atoms with E-state index in [-0.39, 0.29) is 11.0 Å². The van der Waals surface area contributed by atoms with E-state index in [9.17, 15) is 9.00 Å². The van der Waals surface area contributed by atoms with Crippen molar-refractivity contribution < 1.29 is 18.5 Å². The number of carbonyl (C=O) groups is 1. The van der Waals surface area contributed by atoms with E-state index in [0.717, 1.165) is 0 Å². The fraction of sp³-hybridized carbons (Fsp3) is 0.417. The summed E-state index contributed by atoms with van der Waals surface area (Å²) in [6.45, 7) is 2.80. The van der Waals surface area contributed by atoms with Crippen LogP contribution in [0, 0.1) is 0 Å². The van der Waals surface area contributed by atoms with Gasteiger partial charge in [-0.15, -0.1) is 0 Å². The Kier molecular flexibility index (Phi) is 2.43. The smallest absolute Gasteiger partial charge is 0.165 e. The molecule has 0 N–H and O–H groups in total. The Morgan fingerprint density at radius 1 is 1.24 bits per heavy atom. The Morgan fingerprint density at radius 3 is 2.59 bits per heavy atom. The van der Waals surface area contributed by atoms with E-state index in [1.165, 1.54) is 0 Å². The van der Waals surface area contributed by atoms with E-state index in [1.54, 1.807) is 12.1 Å². The number of fused-ring (bicyclic) bond motifs is 2. The van der Waals surface area contributed by atoms with Crippen molar-refractivity contribution in [1.29, 1.82) is 0 Å². The molecular weight excluding hydrogens is 240 g/mol. The van der Waals surface area contributed by atoms with Crippen molar-refractivity contribution in [2.45, 2.75) is 23.5 Å². The van der Waals surface area contributed by atoms with Crippen LogP contribution >= 0.6 is 0 Å². The lowest BCUT2D eigenvalue weighted by Crippen LogP contribution is -2.25. The lowest BCUT2D eigenvalue weighted by Gasteiger charge is -2.24. The largest absolute Gasteiger partial charge is 0.486 e. The molecule has 3 rings (SSSR count). The number of hydrogen-bond acceptors (Lipinski definition) is 4. The summed E-state index contributed by atoms with van der Waals surface area (Å²) in [7, 11) is -1.14. The molecule has 90 valence electrons. The van der Waals surface area contributed by atoms with Crippen molar-refractivity contribution in [3.8, 4) is 11.5 Å². The van der Waals surface area contributed by atoms with Crippen LogP contribution in [0.15, 0.2) is 17.0 Å². The maximum atomic E-state index is 12.1. The van der Waals surface area contributed by atoms with Crippen LogP contribution in [-0.4, -0.2) is 28.5 Å². The number of benzene rings is 1. The second-order valence-corrected chi connectivity index (χ2v) is 6.07. The third-order valence-electron chi connectivity index (χ3n) is 3.00. The Morgan fingerprint density at radius 2 is 1.88 bits per heavy atom. The molecule has 1 aromatic rings. The van der Waals surface area contributed by atoms with Gasteiger partial charge in [0, 0.05) is 23.3 Å². The fourth-order valence-electron chi connectivity index (χ4n) is 2.12. The van der Waals surface area contributed by atoms with Crippen molar-refractivity contribution in [3.63, 3.8) is 0 Å². The Hall–Kier alpha value is -1.36. The van der Waals surface area contributed by atoms with Crippen LogP contribution in [0.4, 0.5) is 0 Å². The minimum absolute atomic E-state index is 0.0315. The molecule has 0 saturated heterocycles. The van der Waals surface area contributed by atoms with E-state index in [4.69, 9.17) is 9.47 Å². The fourth-order valence-corrected chi connectivity index (χ4v) is 3.47. The third-order valence-corrected chi connectivity index (χ3v) is 4.67. The molecule has 5 heteroatoms. The van der Waals surface area contributed by atoms with Gasteiger partial charge in [-0.1, -0.05) is 6.92 Å². The van der Waals surface area contributed by atoms with Gasteiger partial charge < -0.3 is 9.47 Å². The van der Waals surface area contributed by atoms with Gasteiger partial charge in [-0.25, -0.2) is 0 Å². The maximum absolute atomic E-state index is 12.1. The van der Waals surface area contributed by atoms with Crippen LogP contribution < -0.4 is 9.47 Å². The molecule has 2 aliphatic rings. The lowest BCUT2D eigenvalue weighted by atomic mass is 10.1. The summed E-state index contributed by atoms with van der Waals surface area (Å²) in [5.74, 6) is 1.20. The Balaban J connectivity index is 2.17. The van der Waals surface area contributed by atoms with Gasteiger partial charge >= 0.3 is 0 Å². The van der Waals surface area contributed by atoms with Gasteiger partial charge in [-0.2, -0.15) is 0 Å². The van der Waals surface area contributed by atoms with Crippen molar-refractivity contribution >= 4 is 16.6 Å². The second kappa shape index (κ2) is 3.84. The summed E-state index contributed by atoms with van der Waals surface area (Å²) in [5, 5.41) is -0.127. The molecule has 2 aliphatic heterocycles. The molecule has 0 saturated carbocycles. The summed E-state index contributed by atoms with van der Waals surface area (Å²) >= 11 is 0. The Bertz CT molecular complexity index is 523. The summed E-state index contributed by atoms with van der Waals surface area (Å²) in [5.41, 5.74) is 0.519. The van der Waals surface area contributed by atoms with Gasteiger partial charge in [0.25, 0.3) is 0 Å². The van der Waals surface area contributed by atoms with Crippen molar-refractivity contribution in [3.05, 3.63) is 17.7 Å². The maximum Gasteiger partial charge on any atom is 0.165 e. The molecule has 17 heavy (non-hydrogen) atoms. The molecule has 0 amide bonds. The topological polar surface area (TPSA) is 52.6 Å². The van der Waals surface area contributed by atoms with E-state index in [1.807, 2.05) is 6.92 Å². The molecule has 2 unspecified atom stereocenters. The molecule has 0 spiro atoms. The summed E-state index contributed by atoms with van der Waals surface area (Å²) in [4.78, 5) is 12.5. The third kappa shape index (κ3) is 1.65. The van der Waals surface area contributed by atoms with Gasteiger partial charge in [-0.05, 0) is 6.07 Å². The van der Waals surface area contributed by atoms with E-state index >= 15 is 0 Å². The minimum atomic E-state index is -1.14. The van der Waals surface area contributed by atoms with Crippen LogP contribution in [0.2, 0.25) is 0 Å². The highest BCUT2D eigenvalue weighted by Gasteiger charge is 2.31. The van der Waals surface area contributed by atoms with Crippen LogP contribution in [0.3, 0.4) is 0 Å². The highest BCUT2D eigenvalue weighted by Crippen LogP contribution is 2.38. The molecule has 0 aromatic heterocycles. The van der Waals surface area contributed by atoms with Gasteiger partial charge in [0.2, 0.25) is 0 Å². The molecular formula is C12H12O4S. The van der Waals surface area contributed by atoms with Crippen LogP contribution in [0.1, 0.15) is 23.7 Å². The zero-order valence-electron chi connectivity index (χ0n) is 9.39. The quantitative estimate of drug-likeness (QED) is 0.703. The molecule has 2 atom stereocenters. The molecule has 4 nitrogen and oxygen atoms in total. The van der Waals surface area contributed by atoms with Crippen LogP contribution in [0.5, 0.6) is 11.5 Å². The normalized spacial score (nSPS) is 26.5. The minimum Gasteiger partial charge on any atom is -0.486 e. The average Bonchev–Trinajstić information content (AvgIpc) is 2.34. The molecule has 0 bridgehead atoms. The molecule has 0 radical (unpaired) electrons. The van der Waals surface area contributed by atoms with Crippen molar-refractivity contribution in [2.24, 2.45) is 0 Å². The predicted octanol–water partition coefficient (Wildman–Crippen LogP) is 1.54. The summed E-state index contributed by atoms with van der Waals surface area (Å²) in [6, 6.07) is 3.35. The first-order chi connectivity index (χ1) is 8.16. The van der Waals surface area contributed by atoms with Gasteiger partial charge in [0.1, 0.15) is 13.2 Å².